The fraction of sp³-hybridized carbons (Fsp3) is 0.348. The second-order valence-corrected chi connectivity index (χ2v) is 7.09. The third kappa shape index (κ3) is 5.04. The Hall–Kier alpha value is -3.19. The first kappa shape index (κ1) is 21.5. The van der Waals surface area contributed by atoms with Gasteiger partial charge in [0.1, 0.15) is 5.76 Å². The number of carbonyl (C=O) groups excluding carboxylic acids is 1. The molecule has 2 heterocycles. The summed E-state index contributed by atoms with van der Waals surface area (Å²) >= 11 is 0. The third-order valence-electron chi connectivity index (χ3n) is 4.91. The molecule has 1 aromatic carbocycles. The quantitative estimate of drug-likeness (QED) is 0.496. The van der Waals surface area contributed by atoms with Gasteiger partial charge in [-0.15, -0.1) is 0 Å². The van der Waals surface area contributed by atoms with Gasteiger partial charge in [-0.2, -0.15) is 0 Å². The van der Waals surface area contributed by atoms with Gasteiger partial charge in [0.25, 0.3) is 0 Å². The largest absolute Gasteiger partial charge is 0.477 e. The Morgan fingerprint density at radius 2 is 1.90 bits per heavy atom. The molecule has 0 spiro atoms. The van der Waals surface area contributed by atoms with E-state index >= 15 is 0 Å². The molecule has 30 heavy (non-hydrogen) atoms. The minimum absolute atomic E-state index is 0.351. The monoisotopic (exact) mass is 410 g/mol. The van der Waals surface area contributed by atoms with Crippen LogP contribution in [0.1, 0.15) is 23.9 Å². The van der Waals surface area contributed by atoms with Gasteiger partial charge in [0, 0.05) is 37.8 Å². The molecule has 0 bridgehead atoms. The number of rotatable bonds is 9. The minimum atomic E-state index is -1.06. The first-order valence-corrected chi connectivity index (χ1v) is 9.68. The van der Waals surface area contributed by atoms with Crippen LogP contribution in [-0.2, 0) is 27.1 Å². The number of hydrogen-bond donors (Lipinski definition) is 0. The summed E-state index contributed by atoms with van der Waals surface area (Å²) in [7, 11) is 2.82. The summed E-state index contributed by atoms with van der Waals surface area (Å²) in [6.45, 7) is 4.01. The molecule has 0 N–H and O–H groups in total. The lowest BCUT2D eigenvalue weighted by Gasteiger charge is -2.24. The number of ether oxygens (including phenoxy) is 3. The normalized spacial score (nSPS) is 12.9. The van der Waals surface area contributed by atoms with Crippen LogP contribution in [0, 0.1) is 6.92 Å². The van der Waals surface area contributed by atoms with E-state index in [-0.39, 0.29) is 0 Å². The topological polar surface area (TPSA) is 83.7 Å². The van der Waals surface area contributed by atoms with Gasteiger partial charge in [-0.3, -0.25) is 0 Å². The van der Waals surface area contributed by atoms with Crippen LogP contribution >= 0.6 is 0 Å². The molecular formula is C23H26N2O5. The van der Waals surface area contributed by atoms with Crippen molar-refractivity contribution in [1.29, 1.82) is 0 Å². The summed E-state index contributed by atoms with van der Waals surface area (Å²) < 4.78 is 21.7. The van der Waals surface area contributed by atoms with Crippen molar-refractivity contribution in [3.8, 4) is 17.3 Å². The highest BCUT2D eigenvalue weighted by Crippen LogP contribution is 2.22. The Morgan fingerprint density at radius 1 is 1.13 bits per heavy atom. The summed E-state index contributed by atoms with van der Waals surface area (Å²) in [5, 5.41) is 0. The van der Waals surface area contributed by atoms with Crippen LogP contribution < -0.4 is 4.74 Å². The Labute approximate surface area is 176 Å². The Morgan fingerprint density at radius 3 is 2.53 bits per heavy atom. The molecule has 0 saturated carbocycles. The van der Waals surface area contributed by atoms with Gasteiger partial charge in [-0.05, 0) is 31.5 Å². The highest BCUT2D eigenvalue weighted by atomic mass is 16.6. The van der Waals surface area contributed by atoms with Crippen molar-refractivity contribution in [1.82, 2.24) is 9.97 Å². The van der Waals surface area contributed by atoms with Gasteiger partial charge < -0.3 is 18.6 Å². The highest BCUT2D eigenvalue weighted by Gasteiger charge is 2.34. The standard InChI is InChI=1S/C23H26N2O5/c1-16-19(25-21(30-16)18-8-6-5-7-9-18)12-13-29-20-11-10-17(15-24-20)14-23(2,28-4)22(26)27-3/h5-11,15H,12-14H2,1-4H3. The minimum Gasteiger partial charge on any atom is -0.477 e. The number of methoxy groups -OCH3 is 2. The maximum absolute atomic E-state index is 11.9. The third-order valence-corrected chi connectivity index (χ3v) is 4.91. The number of hydrogen-bond acceptors (Lipinski definition) is 7. The van der Waals surface area contributed by atoms with Gasteiger partial charge in [0.05, 0.1) is 19.4 Å². The summed E-state index contributed by atoms with van der Waals surface area (Å²) in [6, 6.07) is 13.4. The second-order valence-electron chi connectivity index (χ2n) is 7.09. The lowest BCUT2D eigenvalue weighted by Crippen LogP contribution is -2.40. The molecule has 1 atom stereocenters. The van der Waals surface area contributed by atoms with Gasteiger partial charge in [0.15, 0.2) is 5.60 Å². The molecular weight excluding hydrogens is 384 g/mol. The van der Waals surface area contributed by atoms with Gasteiger partial charge in [0.2, 0.25) is 11.8 Å². The predicted molar refractivity (Wildman–Crippen MR) is 111 cm³/mol. The van der Waals surface area contributed by atoms with Crippen molar-refractivity contribution in [2.24, 2.45) is 0 Å². The second kappa shape index (κ2) is 9.54. The molecule has 0 saturated heterocycles. The molecule has 7 heteroatoms. The van der Waals surface area contributed by atoms with Crippen molar-refractivity contribution in [2.75, 3.05) is 20.8 Å². The number of carbonyl (C=O) groups is 1. The number of aryl methyl sites for hydroxylation is 1. The van der Waals surface area contributed by atoms with Crippen LogP contribution in [-0.4, -0.2) is 42.4 Å². The van der Waals surface area contributed by atoms with Crippen LogP contribution in [0.2, 0.25) is 0 Å². The fourth-order valence-corrected chi connectivity index (χ4v) is 3.05. The van der Waals surface area contributed by atoms with Crippen molar-refractivity contribution in [3.05, 3.63) is 65.7 Å². The van der Waals surface area contributed by atoms with Crippen LogP contribution in [0.3, 0.4) is 0 Å². The first-order valence-electron chi connectivity index (χ1n) is 9.68. The average molecular weight is 410 g/mol. The molecule has 7 nitrogen and oxygen atoms in total. The van der Waals surface area contributed by atoms with Crippen molar-refractivity contribution < 1.29 is 23.4 Å². The van der Waals surface area contributed by atoms with Gasteiger partial charge >= 0.3 is 5.97 Å². The zero-order valence-corrected chi connectivity index (χ0v) is 17.7. The molecule has 0 amide bonds. The van der Waals surface area contributed by atoms with E-state index in [1.165, 1.54) is 14.2 Å². The average Bonchev–Trinajstić information content (AvgIpc) is 3.15. The Bertz CT molecular complexity index is 969. The number of oxazole rings is 1. The van der Waals surface area contributed by atoms with Crippen molar-refractivity contribution in [2.45, 2.75) is 32.3 Å². The van der Waals surface area contributed by atoms with Crippen LogP contribution in [0.15, 0.2) is 53.1 Å². The van der Waals surface area contributed by atoms with Crippen LogP contribution in [0.5, 0.6) is 5.88 Å². The van der Waals surface area contributed by atoms with E-state index in [0.29, 0.717) is 31.2 Å². The summed E-state index contributed by atoms with van der Waals surface area (Å²) in [5.74, 6) is 1.46. The van der Waals surface area contributed by atoms with E-state index in [4.69, 9.17) is 18.6 Å². The Balaban J connectivity index is 1.56. The first-order chi connectivity index (χ1) is 14.4. The molecule has 0 aliphatic carbocycles. The van der Waals surface area contributed by atoms with Gasteiger partial charge in [-0.25, -0.2) is 14.8 Å². The van der Waals surface area contributed by atoms with Crippen molar-refractivity contribution in [3.63, 3.8) is 0 Å². The van der Waals surface area contributed by atoms with E-state index in [1.54, 1.807) is 19.2 Å². The number of esters is 1. The van der Waals surface area contributed by atoms with E-state index in [9.17, 15) is 4.79 Å². The number of pyridine rings is 1. The number of aromatic nitrogens is 2. The zero-order valence-electron chi connectivity index (χ0n) is 17.7. The lowest BCUT2D eigenvalue weighted by atomic mass is 9.97. The fourth-order valence-electron chi connectivity index (χ4n) is 3.05. The SMILES string of the molecule is COC(=O)C(C)(Cc1ccc(OCCc2nc(-c3ccccc3)oc2C)nc1)OC. The lowest BCUT2D eigenvalue weighted by molar-refractivity contribution is -0.163. The van der Waals surface area contributed by atoms with E-state index in [1.807, 2.05) is 43.3 Å². The maximum Gasteiger partial charge on any atom is 0.338 e. The van der Waals surface area contributed by atoms with E-state index in [0.717, 1.165) is 22.6 Å². The molecule has 3 rings (SSSR count). The van der Waals surface area contributed by atoms with Crippen LogP contribution in [0.25, 0.3) is 11.5 Å². The smallest absolute Gasteiger partial charge is 0.338 e. The highest BCUT2D eigenvalue weighted by molar-refractivity contribution is 5.79. The van der Waals surface area contributed by atoms with Crippen molar-refractivity contribution >= 4 is 5.97 Å². The molecule has 158 valence electrons. The molecule has 0 aliphatic heterocycles. The zero-order chi connectivity index (χ0) is 21.6. The predicted octanol–water partition coefficient (Wildman–Crippen LogP) is 3.79. The molecule has 2 aromatic heterocycles. The molecule has 1 unspecified atom stereocenters. The number of benzene rings is 1. The van der Waals surface area contributed by atoms with E-state index in [2.05, 4.69) is 9.97 Å². The molecule has 3 aromatic rings. The molecule has 0 fully saturated rings. The Kier molecular flexibility index (Phi) is 6.84. The molecule has 0 aliphatic rings. The maximum atomic E-state index is 11.9. The van der Waals surface area contributed by atoms with Gasteiger partial charge in [-0.1, -0.05) is 24.3 Å². The molecule has 0 radical (unpaired) electrons. The number of nitrogens with zero attached hydrogens (tertiary/aromatic N) is 2. The summed E-state index contributed by atoms with van der Waals surface area (Å²) in [5.41, 5.74) is 1.59. The van der Waals surface area contributed by atoms with Crippen LogP contribution in [0.4, 0.5) is 0 Å². The van der Waals surface area contributed by atoms with E-state index < -0.39 is 11.6 Å². The summed E-state index contributed by atoms with van der Waals surface area (Å²) in [6.07, 6.45) is 2.63. The summed E-state index contributed by atoms with van der Waals surface area (Å²) in [4.78, 5) is 20.8.